The molecular formula is C22H27NO4. The van der Waals surface area contributed by atoms with E-state index in [1.165, 1.54) is 7.11 Å². The van der Waals surface area contributed by atoms with Crippen molar-refractivity contribution in [1.82, 2.24) is 5.32 Å². The lowest BCUT2D eigenvalue weighted by Gasteiger charge is -2.33. The normalized spacial score (nSPS) is 13.9. The fraction of sp³-hybridized carbons (Fsp3) is 0.318. The Labute approximate surface area is 160 Å². The Bertz CT molecular complexity index is 771. The van der Waals surface area contributed by atoms with Crippen molar-refractivity contribution in [2.45, 2.75) is 31.4 Å². The summed E-state index contributed by atoms with van der Waals surface area (Å²) in [5.74, 6) is 0.734. The third-order valence-electron chi connectivity index (χ3n) is 4.54. The van der Waals surface area contributed by atoms with Crippen molar-refractivity contribution in [3.63, 3.8) is 0 Å². The molecule has 27 heavy (non-hydrogen) atoms. The van der Waals surface area contributed by atoms with Crippen LogP contribution in [0.5, 0.6) is 11.5 Å². The Kier molecular flexibility index (Phi) is 7.02. The molecule has 0 saturated carbocycles. The molecule has 0 aliphatic rings. The van der Waals surface area contributed by atoms with Crippen LogP contribution in [0.4, 0.5) is 0 Å². The smallest absolute Gasteiger partial charge is 0.251 e. The number of amides is 1. The van der Waals surface area contributed by atoms with Gasteiger partial charge >= 0.3 is 0 Å². The second-order valence-corrected chi connectivity index (χ2v) is 6.64. The number of carbonyl (C=O) groups excluding carboxylic acids is 1. The van der Waals surface area contributed by atoms with Crippen LogP contribution >= 0.6 is 0 Å². The Hall–Kier alpha value is -2.79. The number of aliphatic hydroxyl groups is 1. The summed E-state index contributed by atoms with van der Waals surface area (Å²) in [4.78, 5) is 12.8. The minimum Gasteiger partial charge on any atom is -0.493 e. The molecule has 5 heteroatoms. The molecule has 0 fully saturated rings. The molecule has 5 nitrogen and oxygen atoms in total. The van der Waals surface area contributed by atoms with Crippen molar-refractivity contribution in [2.24, 2.45) is 0 Å². The summed E-state index contributed by atoms with van der Waals surface area (Å²) >= 11 is 0. The monoisotopic (exact) mass is 369 g/mol. The van der Waals surface area contributed by atoms with Crippen LogP contribution in [0.25, 0.3) is 0 Å². The van der Waals surface area contributed by atoms with E-state index >= 15 is 0 Å². The molecule has 0 aliphatic heterocycles. The van der Waals surface area contributed by atoms with Crippen molar-refractivity contribution in [2.75, 3.05) is 14.2 Å². The van der Waals surface area contributed by atoms with Crippen LogP contribution < -0.4 is 14.8 Å². The van der Waals surface area contributed by atoms with Gasteiger partial charge in [0.05, 0.1) is 25.9 Å². The maximum atomic E-state index is 12.8. The minimum atomic E-state index is -1.14. The number of hydrogen-bond acceptors (Lipinski definition) is 4. The van der Waals surface area contributed by atoms with Gasteiger partial charge in [-0.3, -0.25) is 4.79 Å². The molecule has 2 aromatic carbocycles. The van der Waals surface area contributed by atoms with Crippen molar-refractivity contribution < 1.29 is 19.4 Å². The van der Waals surface area contributed by atoms with Crippen molar-refractivity contribution >= 4 is 5.91 Å². The highest BCUT2D eigenvalue weighted by Gasteiger charge is 2.32. The van der Waals surface area contributed by atoms with Gasteiger partial charge in [-0.15, -0.1) is 6.58 Å². The number of carbonyl (C=O) groups is 1. The van der Waals surface area contributed by atoms with Gasteiger partial charge in [-0.1, -0.05) is 36.4 Å². The molecule has 1 amide bonds. The van der Waals surface area contributed by atoms with Crippen LogP contribution in [0.2, 0.25) is 0 Å². The SMILES string of the molecule is C=CC[C@](C)(O)[C@H](Cc1ccccc1)NC(=O)c1ccc(OC)c(OC)c1. The van der Waals surface area contributed by atoms with E-state index in [4.69, 9.17) is 9.47 Å². The summed E-state index contributed by atoms with van der Waals surface area (Å²) in [5, 5.41) is 13.8. The Morgan fingerprint density at radius 2 is 1.85 bits per heavy atom. The predicted molar refractivity (Wildman–Crippen MR) is 106 cm³/mol. The molecule has 144 valence electrons. The van der Waals surface area contributed by atoms with Gasteiger partial charge in [-0.25, -0.2) is 0 Å². The molecule has 2 rings (SSSR count). The molecule has 0 unspecified atom stereocenters. The van der Waals surface area contributed by atoms with E-state index in [1.807, 2.05) is 30.3 Å². The lowest BCUT2D eigenvalue weighted by atomic mass is 9.87. The summed E-state index contributed by atoms with van der Waals surface area (Å²) in [6, 6.07) is 14.2. The Morgan fingerprint density at radius 3 is 2.44 bits per heavy atom. The highest BCUT2D eigenvalue weighted by Crippen LogP contribution is 2.28. The van der Waals surface area contributed by atoms with E-state index in [1.54, 1.807) is 38.3 Å². The van der Waals surface area contributed by atoms with E-state index in [9.17, 15) is 9.90 Å². The number of benzene rings is 2. The fourth-order valence-corrected chi connectivity index (χ4v) is 2.93. The summed E-state index contributed by atoms with van der Waals surface area (Å²) in [6.45, 7) is 5.42. The average molecular weight is 369 g/mol. The Balaban J connectivity index is 2.26. The average Bonchev–Trinajstić information content (AvgIpc) is 2.67. The standard InChI is InChI=1S/C22H27NO4/c1-5-13-22(2,25)20(14-16-9-7-6-8-10-16)23-21(24)17-11-12-18(26-3)19(15-17)27-4/h5-12,15,20,25H,1,13-14H2,2-4H3,(H,23,24)/t20-,22-/m0/s1. The maximum Gasteiger partial charge on any atom is 0.251 e. The summed E-state index contributed by atoms with van der Waals surface area (Å²) < 4.78 is 10.5. The third-order valence-corrected chi connectivity index (χ3v) is 4.54. The highest BCUT2D eigenvalue weighted by atomic mass is 16.5. The lowest BCUT2D eigenvalue weighted by Crippen LogP contribution is -2.52. The van der Waals surface area contributed by atoms with Crippen molar-refractivity contribution in [3.05, 3.63) is 72.3 Å². The van der Waals surface area contributed by atoms with Gasteiger partial charge < -0.3 is 19.9 Å². The topological polar surface area (TPSA) is 67.8 Å². The van der Waals surface area contributed by atoms with Crippen LogP contribution in [0.3, 0.4) is 0 Å². The van der Waals surface area contributed by atoms with Crippen LogP contribution in [-0.2, 0) is 6.42 Å². The number of methoxy groups -OCH3 is 2. The van der Waals surface area contributed by atoms with E-state index in [2.05, 4.69) is 11.9 Å². The molecular weight excluding hydrogens is 342 g/mol. The fourth-order valence-electron chi connectivity index (χ4n) is 2.93. The van der Waals surface area contributed by atoms with Gasteiger partial charge in [0.15, 0.2) is 11.5 Å². The number of ether oxygens (including phenoxy) is 2. The first-order chi connectivity index (χ1) is 12.9. The van der Waals surface area contributed by atoms with Crippen molar-refractivity contribution in [1.29, 1.82) is 0 Å². The third kappa shape index (κ3) is 5.34. The van der Waals surface area contributed by atoms with E-state index in [0.717, 1.165) is 5.56 Å². The summed E-state index contributed by atoms with van der Waals surface area (Å²) in [5.41, 5.74) is 0.323. The number of rotatable bonds is 9. The lowest BCUT2D eigenvalue weighted by molar-refractivity contribution is 0.0212. The second kappa shape index (κ2) is 9.24. The van der Waals surface area contributed by atoms with Gasteiger partial charge in [0, 0.05) is 5.56 Å². The largest absolute Gasteiger partial charge is 0.493 e. The zero-order valence-electron chi connectivity index (χ0n) is 16.1. The molecule has 2 N–H and O–H groups in total. The Morgan fingerprint density at radius 1 is 1.19 bits per heavy atom. The van der Waals surface area contributed by atoms with E-state index < -0.39 is 11.6 Å². The zero-order valence-corrected chi connectivity index (χ0v) is 16.1. The molecule has 0 bridgehead atoms. The molecule has 0 aliphatic carbocycles. The van der Waals surface area contributed by atoms with Gasteiger partial charge in [-0.2, -0.15) is 0 Å². The first-order valence-corrected chi connectivity index (χ1v) is 8.81. The van der Waals surface area contributed by atoms with Gasteiger partial charge in [0.2, 0.25) is 0 Å². The molecule has 0 aromatic heterocycles. The van der Waals surface area contributed by atoms with Gasteiger partial charge in [0.25, 0.3) is 5.91 Å². The predicted octanol–water partition coefficient (Wildman–Crippen LogP) is 3.37. The quantitative estimate of drug-likeness (QED) is 0.665. The number of hydrogen-bond donors (Lipinski definition) is 2. The van der Waals surface area contributed by atoms with E-state index in [0.29, 0.717) is 29.9 Å². The molecule has 0 saturated heterocycles. The number of nitrogens with one attached hydrogen (secondary N) is 1. The van der Waals surface area contributed by atoms with Crippen LogP contribution in [0, 0.1) is 0 Å². The molecule has 2 aromatic rings. The van der Waals surface area contributed by atoms with Crippen LogP contribution in [0.1, 0.15) is 29.3 Å². The molecule has 2 atom stereocenters. The van der Waals surface area contributed by atoms with Crippen molar-refractivity contribution in [3.8, 4) is 11.5 Å². The van der Waals surface area contributed by atoms with Gasteiger partial charge in [0.1, 0.15) is 0 Å². The van der Waals surface area contributed by atoms with Crippen LogP contribution in [-0.4, -0.2) is 36.9 Å². The summed E-state index contributed by atoms with van der Waals surface area (Å²) in [7, 11) is 3.06. The summed E-state index contributed by atoms with van der Waals surface area (Å²) in [6.07, 6.45) is 2.51. The maximum absolute atomic E-state index is 12.8. The minimum absolute atomic E-state index is 0.291. The second-order valence-electron chi connectivity index (χ2n) is 6.64. The first-order valence-electron chi connectivity index (χ1n) is 8.81. The molecule has 0 spiro atoms. The molecule has 0 heterocycles. The molecule has 0 radical (unpaired) electrons. The van der Waals surface area contributed by atoms with Gasteiger partial charge in [-0.05, 0) is 43.5 Å². The van der Waals surface area contributed by atoms with Crippen LogP contribution in [0.15, 0.2) is 61.2 Å². The van der Waals surface area contributed by atoms with E-state index in [-0.39, 0.29) is 5.91 Å². The first kappa shape index (κ1) is 20.5. The highest BCUT2D eigenvalue weighted by molar-refractivity contribution is 5.95. The zero-order chi connectivity index (χ0) is 19.9.